The Kier molecular flexibility index (Phi) is 4.93. The molecule has 0 aliphatic rings. The van der Waals surface area contributed by atoms with E-state index in [1.807, 2.05) is 0 Å². The maximum absolute atomic E-state index is 12.0. The molecule has 5 nitrogen and oxygen atoms in total. The van der Waals surface area contributed by atoms with E-state index in [1.54, 1.807) is 24.4 Å². The van der Waals surface area contributed by atoms with E-state index in [9.17, 15) is 13.2 Å². The number of aromatic nitrogens is 1. The molecule has 0 unspecified atom stereocenters. The van der Waals surface area contributed by atoms with Crippen LogP contribution in [0, 0.1) is 0 Å². The number of carbonyl (C=O) groups is 1. The zero-order chi connectivity index (χ0) is 15.3. The van der Waals surface area contributed by atoms with Gasteiger partial charge >= 0.3 is 0 Å². The molecular weight excluding hydrogens is 312 g/mol. The van der Waals surface area contributed by atoms with Crippen molar-refractivity contribution in [2.24, 2.45) is 0 Å². The maximum atomic E-state index is 12.0. The number of nitrogens with one attached hydrogen (secondary N) is 1. The van der Waals surface area contributed by atoms with Gasteiger partial charge in [0, 0.05) is 11.2 Å². The Labute approximate surface area is 127 Å². The highest BCUT2D eigenvalue weighted by Crippen LogP contribution is 2.15. The molecule has 2 rings (SSSR count). The normalized spacial score (nSPS) is 11.1. The fraction of sp³-hybridized carbons (Fsp3) is 0.143. The van der Waals surface area contributed by atoms with Crippen LogP contribution in [0.25, 0.3) is 0 Å². The SMILES string of the molecule is O=C(CS(=O)(=O)c1ccc(Cl)cc1)NCc1ccccn1. The van der Waals surface area contributed by atoms with Crippen LogP contribution in [-0.4, -0.2) is 25.1 Å². The molecule has 1 heterocycles. The van der Waals surface area contributed by atoms with Crippen LogP contribution in [0.4, 0.5) is 0 Å². The highest BCUT2D eigenvalue weighted by Gasteiger charge is 2.19. The second-order valence-electron chi connectivity index (χ2n) is 4.31. The molecule has 0 radical (unpaired) electrons. The van der Waals surface area contributed by atoms with Crippen molar-refractivity contribution in [3.8, 4) is 0 Å². The lowest BCUT2D eigenvalue weighted by Crippen LogP contribution is -2.30. The van der Waals surface area contributed by atoms with Crippen LogP contribution in [0.2, 0.25) is 5.02 Å². The van der Waals surface area contributed by atoms with Gasteiger partial charge in [0.2, 0.25) is 5.91 Å². The third kappa shape index (κ3) is 4.54. The van der Waals surface area contributed by atoms with Crippen molar-refractivity contribution in [2.75, 3.05) is 5.75 Å². The first kappa shape index (κ1) is 15.5. The summed E-state index contributed by atoms with van der Waals surface area (Å²) in [6.45, 7) is 0.190. The molecule has 2 aromatic rings. The molecule has 1 amide bonds. The maximum Gasteiger partial charge on any atom is 0.235 e. The topological polar surface area (TPSA) is 76.1 Å². The fourth-order valence-corrected chi connectivity index (χ4v) is 2.93. The van der Waals surface area contributed by atoms with Gasteiger partial charge < -0.3 is 5.32 Å². The highest BCUT2D eigenvalue weighted by atomic mass is 35.5. The molecule has 21 heavy (non-hydrogen) atoms. The number of nitrogens with zero attached hydrogens (tertiary/aromatic N) is 1. The van der Waals surface area contributed by atoms with Crippen molar-refractivity contribution in [1.29, 1.82) is 0 Å². The number of hydrogen-bond donors (Lipinski definition) is 1. The minimum Gasteiger partial charge on any atom is -0.350 e. The van der Waals surface area contributed by atoms with E-state index in [0.29, 0.717) is 10.7 Å². The second-order valence-corrected chi connectivity index (χ2v) is 6.74. The largest absolute Gasteiger partial charge is 0.350 e. The predicted octanol–water partition coefficient (Wildman–Crippen LogP) is 1.83. The van der Waals surface area contributed by atoms with Crippen LogP contribution >= 0.6 is 11.6 Å². The molecular formula is C14H13ClN2O3S. The molecule has 0 spiro atoms. The van der Waals surface area contributed by atoms with Crippen LogP contribution in [0.3, 0.4) is 0 Å². The second kappa shape index (κ2) is 6.69. The van der Waals surface area contributed by atoms with Gasteiger partial charge in [-0.15, -0.1) is 0 Å². The number of pyridine rings is 1. The molecule has 0 fully saturated rings. The van der Waals surface area contributed by atoms with E-state index in [0.717, 1.165) is 0 Å². The van der Waals surface area contributed by atoms with Gasteiger partial charge in [-0.25, -0.2) is 8.42 Å². The Morgan fingerprint density at radius 3 is 2.48 bits per heavy atom. The first-order valence-corrected chi connectivity index (χ1v) is 8.15. The summed E-state index contributed by atoms with van der Waals surface area (Å²) in [5.74, 6) is -1.18. The van der Waals surface area contributed by atoms with E-state index in [2.05, 4.69) is 10.3 Å². The van der Waals surface area contributed by atoms with Crippen molar-refractivity contribution in [1.82, 2.24) is 10.3 Å². The molecule has 0 atom stereocenters. The third-order valence-electron chi connectivity index (χ3n) is 2.69. The Morgan fingerprint density at radius 1 is 1.14 bits per heavy atom. The quantitative estimate of drug-likeness (QED) is 0.910. The van der Waals surface area contributed by atoms with Crippen molar-refractivity contribution in [2.45, 2.75) is 11.4 Å². The molecule has 1 aromatic carbocycles. The van der Waals surface area contributed by atoms with E-state index in [1.165, 1.54) is 24.3 Å². The summed E-state index contributed by atoms with van der Waals surface area (Å²) < 4.78 is 24.1. The van der Waals surface area contributed by atoms with Gasteiger partial charge in [0.1, 0.15) is 5.75 Å². The van der Waals surface area contributed by atoms with E-state index in [4.69, 9.17) is 11.6 Å². The van der Waals surface area contributed by atoms with Gasteiger partial charge in [0.05, 0.1) is 17.1 Å². The Bertz CT molecular complexity index is 716. The zero-order valence-electron chi connectivity index (χ0n) is 11.0. The summed E-state index contributed by atoms with van der Waals surface area (Å²) >= 11 is 5.70. The number of hydrogen-bond acceptors (Lipinski definition) is 4. The van der Waals surface area contributed by atoms with Crippen molar-refractivity contribution >= 4 is 27.3 Å². The molecule has 0 saturated heterocycles. The lowest BCUT2D eigenvalue weighted by Gasteiger charge is -2.06. The van der Waals surface area contributed by atoms with E-state index in [-0.39, 0.29) is 11.4 Å². The van der Waals surface area contributed by atoms with E-state index < -0.39 is 21.5 Å². The first-order chi connectivity index (χ1) is 9.97. The summed E-state index contributed by atoms with van der Waals surface area (Å²) in [5, 5.41) is 2.97. The van der Waals surface area contributed by atoms with E-state index >= 15 is 0 Å². The number of carbonyl (C=O) groups excluding carboxylic acids is 1. The van der Waals surface area contributed by atoms with Crippen LogP contribution in [0.1, 0.15) is 5.69 Å². The summed E-state index contributed by atoms with van der Waals surface area (Å²) in [4.78, 5) is 15.8. The standard InChI is InChI=1S/C14H13ClN2O3S/c15-11-4-6-13(7-5-11)21(19,20)10-14(18)17-9-12-3-1-2-8-16-12/h1-8H,9-10H2,(H,17,18). The Balaban J connectivity index is 1.97. The number of halogens is 1. The summed E-state index contributed by atoms with van der Waals surface area (Å²) in [5.41, 5.74) is 0.662. The zero-order valence-corrected chi connectivity index (χ0v) is 12.6. The van der Waals surface area contributed by atoms with Gasteiger partial charge in [-0.05, 0) is 36.4 Å². The lowest BCUT2D eigenvalue weighted by atomic mass is 10.3. The van der Waals surface area contributed by atoms with Gasteiger partial charge in [0.15, 0.2) is 9.84 Å². The average molecular weight is 325 g/mol. The number of benzene rings is 1. The van der Waals surface area contributed by atoms with Gasteiger partial charge in [-0.3, -0.25) is 9.78 Å². The molecule has 0 aliphatic carbocycles. The van der Waals surface area contributed by atoms with Gasteiger partial charge in [-0.1, -0.05) is 17.7 Å². The van der Waals surface area contributed by atoms with Gasteiger partial charge in [0.25, 0.3) is 0 Å². The molecule has 0 saturated carbocycles. The predicted molar refractivity (Wildman–Crippen MR) is 79.6 cm³/mol. The van der Waals surface area contributed by atoms with Crippen molar-refractivity contribution in [3.05, 3.63) is 59.4 Å². The average Bonchev–Trinajstić information content (AvgIpc) is 2.46. The lowest BCUT2D eigenvalue weighted by molar-refractivity contribution is -0.118. The molecule has 7 heteroatoms. The van der Waals surface area contributed by atoms with Crippen LogP contribution in [0.5, 0.6) is 0 Å². The smallest absolute Gasteiger partial charge is 0.235 e. The van der Waals surface area contributed by atoms with Gasteiger partial charge in [-0.2, -0.15) is 0 Å². The van der Waals surface area contributed by atoms with Crippen molar-refractivity contribution < 1.29 is 13.2 Å². The summed E-state index contributed by atoms with van der Waals surface area (Å²) in [7, 11) is -3.67. The molecule has 1 N–H and O–H groups in total. The van der Waals surface area contributed by atoms with Crippen LogP contribution in [-0.2, 0) is 21.2 Å². The molecule has 110 valence electrons. The number of amides is 1. The fourth-order valence-electron chi connectivity index (χ4n) is 1.64. The minimum absolute atomic E-state index is 0.0693. The first-order valence-electron chi connectivity index (χ1n) is 6.12. The molecule has 1 aromatic heterocycles. The van der Waals surface area contributed by atoms with Crippen LogP contribution in [0.15, 0.2) is 53.6 Å². The summed E-state index contributed by atoms with van der Waals surface area (Å²) in [6.07, 6.45) is 1.60. The Morgan fingerprint density at radius 2 is 1.86 bits per heavy atom. The number of rotatable bonds is 5. The molecule has 0 bridgehead atoms. The van der Waals surface area contributed by atoms with Crippen molar-refractivity contribution in [3.63, 3.8) is 0 Å². The van der Waals surface area contributed by atoms with Crippen LogP contribution < -0.4 is 5.32 Å². The third-order valence-corrected chi connectivity index (χ3v) is 4.57. The highest BCUT2D eigenvalue weighted by molar-refractivity contribution is 7.92. The minimum atomic E-state index is -3.67. The monoisotopic (exact) mass is 324 g/mol. The number of sulfone groups is 1. The molecule has 0 aliphatic heterocycles. The summed E-state index contributed by atoms with van der Waals surface area (Å²) in [6, 6.07) is 11.0. The Hall–Kier alpha value is -1.92.